The lowest BCUT2D eigenvalue weighted by Crippen LogP contribution is -2.37. The van der Waals surface area contributed by atoms with Crippen LogP contribution in [0.4, 0.5) is 0 Å². The second kappa shape index (κ2) is 7.32. The Balaban J connectivity index is 1.59. The third kappa shape index (κ3) is 4.78. The molecule has 128 valence electrons. The molecule has 0 spiro atoms. The molecule has 5 heteroatoms. The molecule has 0 bridgehead atoms. The summed E-state index contributed by atoms with van der Waals surface area (Å²) in [5.41, 5.74) is 1.35. The minimum atomic E-state index is -3.03. The molecule has 0 aromatic heterocycles. The molecular formula is C18H28N2O2S. The molecule has 23 heavy (non-hydrogen) atoms. The number of benzene rings is 1. The topological polar surface area (TPSA) is 40.6 Å². The molecule has 0 N–H and O–H groups in total. The quantitative estimate of drug-likeness (QED) is 0.768. The van der Waals surface area contributed by atoms with E-state index >= 15 is 0 Å². The van der Waals surface area contributed by atoms with Crippen molar-refractivity contribution in [3.63, 3.8) is 0 Å². The summed E-state index contributed by atoms with van der Waals surface area (Å²) in [6.07, 6.45) is 6.39. The van der Waals surface area contributed by atoms with Crippen LogP contribution in [0.2, 0.25) is 0 Å². The van der Waals surface area contributed by atoms with Crippen LogP contribution in [0.1, 0.15) is 31.2 Å². The molecule has 1 atom stereocenters. The molecule has 2 aliphatic rings. The average Bonchev–Trinajstić information content (AvgIpc) is 2.92. The molecule has 1 aliphatic heterocycles. The minimum absolute atomic E-state index is 0.466. The predicted octanol–water partition coefficient (Wildman–Crippen LogP) is 2.57. The van der Waals surface area contributed by atoms with Crippen molar-refractivity contribution in [2.75, 3.05) is 32.4 Å². The van der Waals surface area contributed by atoms with E-state index in [9.17, 15) is 8.42 Å². The average molecular weight is 337 g/mol. The normalized spacial score (nSPS) is 23.3. The third-order valence-corrected chi connectivity index (χ3v) is 6.49. The summed E-state index contributed by atoms with van der Waals surface area (Å²) in [6.45, 7) is 4.52. The van der Waals surface area contributed by atoms with Gasteiger partial charge in [-0.05, 0) is 36.7 Å². The van der Waals surface area contributed by atoms with E-state index < -0.39 is 10.0 Å². The number of nitrogens with zero attached hydrogens (tertiary/aromatic N) is 2. The minimum Gasteiger partial charge on any atom is -0.298 e. The van der Waals surface area contributed by atoms with Gasteiger partial charge in [0.05, 0.1) is 6.26 Å². The number of hydrogen-bond donors (Lipinski definition) is 0. The summed E-state index contributed by atoms with van der Waals surface area (Å²) < 4.78 is 25.0. The van der Waals surface area contributed by atoms with E-state index in [1.54, 1.807) is 4.31 Å². The molecule has 1 aliphatic carbocycles. The van der Waals surface area contributed by atoms with Gasteiger partial charge in [-0.2, -0.15) is 0 Å². The number of rotatable bonds is 7. The molecule has 1 aromatic carbocycles. The first kappa shape index (κ1) is 16.9. The van der Waals surface area contributed by atoms with Crippen LogP contribution in [0.25, 0.3) is 0 Å². The van der Waals surface area contributed by atoms with Gasteiger partial charge in [-0.3, -0.25) is 4.90 Å². The fourth-order valence-corrected chi connectivity index (χ4v) is 4.62. The Bertz CT molecular complexity index is 599. The summed E-state index contributed by atoms with van der Waals surface area (Å²) in [5, 5.41) is 0. The summed E-state index contributed by atoms with van der Waals surface area (Å²) >= 11 is 0. The Hall–Kier alpha value is -0.910. The lowest BCUT2D eigenvalue weighted by atomic mass is 9.85. The Morgan fingerprint density at radius 2 is 1.78 bits per heavy atom. The third-order valence-electron chi connectivity index (χ3n) is 5.22. The smallest absolute Gasteiger partial charge is 0.211 e. The van der Waals surface area contributed by atoms with Crippen molar-refractivity contribution >= 4 is 10.0 Å². The zero-order valence-corrected chi connectivity index (χ0v) is 14.8. The highest BCUT2D eigenvalue weighted by Crippen LogP contribution is 2.29. The second-order valence-electron chi connectivity index (χ2n) is 7.25. The number of hydrogen-bond acceptors (Lipinski definition) is 3. The number of sulfonamides is 1. The maximum absolute atomic E-state index is 11.7. The molecule has 2 fully saturated rings. The lowest BCUT2D eigenvalue weighted by molar-refractivity contribution is 0.153. The van der Waals surface area contributed by atoms with E-state index in [-0.39, 0.29) is 0 Å². The van der Waals surface area contributed by atoms with Crippen molar-refractivity contribution < 1.29 is 8.42 Å². The summed E-state index contributed by atoms with van der Waals surface area (Å²) in [6, 6.07) is 10.6. The molecule has 1 saturated heterocycles. The van der Waals surface area contributed by atoms with Gasteiger partial charge in [-0.25, -0.2) is 12.7 Å². The monoisotopic (exact) mass is 336 g/mol. The van der Waals surface area contributed by atoms with Crippen molar-refractivity contribution in [1.29, 1.82) is 0 Å². The maximum atomic E-state index is 11.7. The molecule has 4 nitrogen and oxygen atoms in total. The van der Waals surface area contributed by atoms with Crippen LogP contribution in [0, 0.1) is 11.8 Å². The van der Waals surface area contributed by atoms with E-state index in [0.29, 0.717) is 19.0 Å². The van der Waals surface area contributed by atoms with Gasteiger partial charge in [-0.1, -0.05) is 36.8 Å². The van der Waals surface area contributed by atoms with Crippen molar-refractivity contribution in [3.8, 4) is 0 Å². The van der Waals surface area contributed by atoms with Crippen LogP contribution in [0.3, 0.4) is 0 Å². The van der Waals surface area contributed by atoms with E-state index in [1.807, 2.05) is 0 Å². The zero-order chi connectivity index (χ0) is 16.3. The highest BCUT2D eigenvalue weighted by atomic mass is 32.2. The molecule has 1 heterocycles. The fraction of sp³-hybridized carbons (Fsp3) is 0.667. The first-order valence-electron chi connectivity index (χ1n) is 8.72. The molecule has 1 unspecified atom stereocenters. The van der Waals surface area contributed by atoms with Gasteiger partial charge in [0.25, 0.3) is 0 Å². The molecule has 0 radical (unpaired) electrons. The van der Waals surface area contributed by atoms with E-state index in [4.69, 9.17) is 0 Å². The second-order valence-corrected chi connectivity index (χ2v) is 9.23. The van der Waals surface area contributed by atoms with Crippen molar-refractivity contribution in [2.45, 2.75) is 32.2 Å². The highest BCUT2D eigenvalue weighted by Gasteiger charge is 2.30. The summed E-state index contributed by atoms with van der Waals surface area (Å²) in [5.74, 6) is 1.31. The van der Waals surface area contributed by atoms with Gasteiger partial charge in [0, 0.05) is 32.7 Å². The Morgan fingerprint density at radius 1 is 1.09 bits per heavy atom. The van der Waals surface area contributed by atoms with Gasteiger partial charge < -0.3 is 0 Å². The van der Waals surface area contributed by atoms with Gasteiger partial charge in [0.2, 0.25) is 10.0 Å². The Labute approximate surface area is 140 Å². The first-order chi connectivity index (χ1) is 11.0. The van der Waals surface area contributed by atoms with E-state index in [2.05, 4.69) is 35.2 Å². The van der Waals surface area contributed by atoms with Crippen molar-refractivity contribution in [1.82, 2.24) is 9.21 Å². The SMILES string of the molecule is CS(=O)(=O)N1CCC(CN(Cc2ccccc2)CC2CCC2)C1. The molecule has 1 aromatic rings. The first-order valence-corrected chi connectivity index (χ1v) is 10.6. The van der Waals surface area contributed by atoms with E-state index in [1.165, 1.54) is 31.1 Å². The Kier molecular flexibility index (Phi) is 5.39. The predicted molar refractivity (Wildman–Crippen MR) is 93.6 cm³/mol. The zero-order valence-electron chi connectivity index (χ0n) is 14.0. The van der Waals surface area contributed by atoms with Crippen molar-refractivity contribution in [2.24, 2.45) is 11.8 Å². The summed E-state index contributed by atoms with van der Waals surface area (Å²) in [4.78, 5) is 2.55. The van der Waals surface area contributed by atoms with Gasteiger partial charge in [0.1, 0.15) is 0 Å². The molecule has 1 saturated carbocycles. The maximum Gasteiger partial charge on any atom is 0.211 e. The molecule has 3 rings (SSSR count). The molecular weight excluding hydrogens is 308 g/mol. The Morgan fingerprint density at radius 3 is 2.35 bits per heavy atom. The molecule has 0 amide bonds. The van der Waals surface area contributed by atoms with Gasteiger partial charge in [-0.15, -0.1) is 0 Å². The van der Waals surface area contributed by atoms with Crippen LogP contribution >= 0.6 is 0 Å². The highest BCUT2D eigenvalue weighted by molar-refractivity contribution is 7.88. The van der Waals surface area contributed by atoms with Crippen LogP contribution < -0.4 is 0 Å². The van der Waals surface area contributed by atoms with E-state index in [0.717, 1.165) is 32.0 Å². The van der Waals surface area contributed by atoms with Crippen LogP contribution in [-0.2, 0) is 16.6 Å². The largest absolute Gasteiger partial charge is 0.298 e. The van der Waals surface area contributed by atoms with Crippen molar-refractivity contribution in [3.05, 3.63) is 35.9 Å². The fourth-order valence-electron chi connectivity index (χ4n) is 3.70. The van der Waals surface area contributed by atoms with Crippen LogP contribution in [-0.4, -0.2) is 50.1 Å². The standard InChI is InChI=1S/C18H28N2O2S/c1-23(21,22)20-11-10-18(15-20)14-19(13-17-8-5-9-17)12-16-6-3-2-4-7-16/h2-4,6-7,17-18H,5,8-15H2,1H3. The van der Waals surface area contributed by atoms with Crippen LogP contribution in [0.15, 0.2) is 30.3 Å². The lowest BCUT2D eigenvalue weighted by Gasteiger charge is -2.34. The summed E-state index contributed by atoms with van der Waals surface area (Å²) in [7, 11) is -3.03. The van der Waals surface area contributed by atoms with Gasteiger partial charge in [0.15, 0.2) is 0 Å². The van der Waals surface area contributed by atoms with Gasteiger partial charge >= 0.3 is 0 Å². The van der Waals surface area contributed by atoms with Crippen LogP contribution in [0.5, 0.6) is 0 Å².